The summed E-state index contributed by atoms with van der Waals surface area (Å²) >= 11 is 0. The summed E-state index contributed by atoms with van der Waals surface area (Å²) < 4.78 is 1.62. The summed E-state index contributed by atoms with van der Waals surface area (Å²) in [5.74, 6) is -1.27. The highest BCUT2D eigenvalue weighted by Gasteiger charge is 2.35. The lowest BCUT2D eigenvalue weighted by Gasteiger charge is -2.37. The first-order valence-corrected chi connectivity index (χ1v) is 9.85. The molecule has 31 heavy (non-hydrogen) atoms. The molecule has 0 radical (unpaired) electrons. The quantitative estimate of drug-likeness (QED) is 0.534. The number of likely N-dealkylation sites (tertiary alicyclic amines) is 1. The van der Waals surface area contributed by atoms with Gasteiger partial charge in [0.1, 0.15) is 0 Å². The van der Waals surface area contributed by atoms with Crippen LogP contribution in [0, 0.1) is 5.92 Å². The molecule has 1 saturated heterocycles. The van der Waals surface area contributed by atoms with Crippen LogP contribution in [0.5, 0.6) is 0 Å². The Morgan fingerprint density at radius 1 is 1.23 bits per heavy atom. The maximum Gasteiger partial charge on any atom is 0.313 e. The topological polar surface area (TPSA) is 152 Å². The lowest BCUT2D eigenvalue weighted by atomic mass is 9.92. The zero-order chi connectivity index (χ0) is 22.0. The van der Waals surface area contributed by atoms with Gasteiger partial charge in [0, 0.05) is 31.2 Å². The number of aromatic nitrogens is 5. The maximum absolute atomic E-state index is 13.0. The molecule has 0 aliphatic carbocycles. The van der Waals surface area contributed by atoms with E-state index in [1.54, 1.807) is 28.0 Å². The summed E-state index contributed by atoms with van der Waals surface area (Å²) in [6.45, 7) is 2.47. The van der Waals surface area contributed by atoms with Crippen molar-refractivity contribution in [2.24, 2.45) is 11.7 Å². The second-order valence-corrected chi connectivity index (χ2v) is 7.55. The van der Waals surface area contributed by atoms with Crippen molar-refractivity contribution < 1.29 is 14.4 Å². The van der Waals surface area contributed by atoms with E-state index < -0.39 is 17.7 Å². The van der Waals surface area contributed by atoms with Crippen molar-refractivity contribution in [3.05, 3.63) is 54.2 Å². The normalized spacial score (nSPS) is 18.5. The van der Waals surface area contributed by atoms with Crippen molar-refractivity contribution in [1.29, 1.82) is 0 Å². The number of nitrogens with one attached hydrogen (secondary N) is 2. The van der Waals surface area contributed by atoms with E-state index in [1.807, 2.05) is 13.0 Å². The third-order valence-corrected chi connectivity index (χ3v) is 5.23. The van der Waals surface area contributed by atoms with Gasteiger partial charge in [-0.2, -0.15) is 10.2 Å². The third kappa shape index (κ3) is 4.29. The molecule has 4 heterocycles. The van der Waals surface area contributed by atoms with Crippen LogP contribution in [0.4, 0.5) is 5.69 Å². The molecule has 160 valence electrons. The van der Waals surface area contributed by atoms with Gasteiger partial charge in [-0.05, 0) is 30.9 Å². The molecule has 0 saturated carbocycles. The molecule has 4 rings (SSSR count). The van der Waals surface area contributed by atoms with Gasteiger partial charge in [-0.25, -0.2) is 4.68 Å². The zero-order valence-electron chi connectivity index (χ0n) is 16.9. The lowest BCUT2D eigenvalue weighted by Crippen LogP contribution is -2.46. The van der Waals surface area contributed by atoms with E-state index in [0.717, 1.165) is 6.42 Å². The molecular formula is C20H22N8O3. The number of primary amides is 1. The Morgan fingerprint density at radius 2 is 2.06 bits per heavy atom. The number of nitrogens with two attached hydrogens (primary N) is 1. The number of piperidine rings is 1. The van der Waals surface area contributed by atoms with Gasteiger partial charge in [-0.3, -0.25) is 24.5 Å². The molecule has 0 spiro atoms. The van der Waals surface area contributed by atoms with Crippen LogP contribution in [-0.4, -0.2) is 54.1 Å². The number of hydrogen-bond acceptors (Lipinski definition) is 6. The zero-order valence-corrected chi connectivity index (χ0v) is 16.9. The van der Waals surface area contributed by atoms with Crippen molar-refractivity contribution in [2.45, 2.75) is 25.8 Å². The Labute approximate surface area is 177 Å². The fourth-order valence-electron chi connectivity index (χ4n) is 3.67. The van der Waals surface area contributed by atoms with Crippen LogP contribution in [0.3, 0.4) is 0 Å². The molecule has 4 N–H and O–H groups in total. The SMILES string of the molecule is C[C@@H]1CC[C@@H](c2ccn(-c3cc[nH]n3)n2)N(C(=O)C(=O)Nc2cncc(C(N)=O)c2)C1. The van der Waals surface area contributed by atoms with E-state index in [4.69, 9.17) is 5.73 Å². The summed E-state index contributed by atoms with van der Waals surface area (Å²) in [5.41, 5.74) is 6.29. The molecule has 0 bridgehead atoms. The highest BCUT2D eigenvalue weighted by atomic mass is 16.2. The molecule has 0 aromatic carbocycles. The van der Waals surface area contributed by atoms with Gasteiger partial charge in [-0.1, -0.05) is 6.92 Å². The molecule has 1 aliphatic heterocycles. The molecule has 3 aromatic rings. The minimum Gasteiger partial charge on any atom is -0.366 e. The van der Waals surface area contributed by atoms with Gasteiger partial charge in [-0.15, -0.1) is 0 Å². The Bertz CT molecular complexity index is 1110. The van der Waals surface area contributed by atoms with E-state index in [1.165, 1.54) is 18.5 Å². The Balaban J connectivity index is 1.53. The molecular weight excluding hydrogens is 400 g/mol. The number of H-pyrrole nitrogens is 1. The predicted octanol–water partition coefficient (Wildman–Crippen LogP) is 1.03. The van der Waals surface area contributed by atoms with Crippen LogP contribution in [0.15, 0.2) is 43.0 Å². The molecule has 1 aliphatic rings. The monoisotopic (exact) mass is 422 g/mol. The summed E-state index contributed by atoms with van der Waals surface area (Å²) in [7, 11) is 0. The van der Waals surface area contributed by atoms with Crippen molar-refractivity contribution >= 4 is 23.4 Å². The highest BCUT2D eigenvalue weighted by molar-refractivity contribution is 6.39. The third-order valence-electron chi connectivity index (χ3n) is 5.23. The van der Waals surface area contributed by atoms with E-state index in [-0.39, 0.29) is 23.2 Å². The molecule has 11 heteroatoms. The number of pyridine rings is 1. The van der Waals surface area contributed by atoms with Crippen molar-refractivity contribution in [2.75, 3.05) is 11.9 Å². The van der Waals surface area contributed by atoms with Gasteiger partial charge >= 0.3 is 11.8 Å². The number of anilines is 1. The van der Waals surface area contributed by atoms with Crippen molar-refractivity contribution in [3.63, 3.8) is 0 Å². The molecule has 2 atom stereocenters. The first-order chi connectivity index (χ1) is 14.9. The number of carbonyl (C=O) groups is 3. The van der Waals surface area contributed by atoms with Crippen molar-refractivity contribution in [1.82, 2.24) is 29.9 Å². The number of carbonyl (C=O) groups excluding carboxylic acids is 3. The lowest BCUT2D eigenvalue weighted by molar-refractivity contribution is -0.146. The first-order valence-electron chi connectivity index (χ1n) is 9.85. The molecule has 3 aromatic heterocycles. The van der Waals surface area contributed by atoms with Gasteiger partial charge in [0.25, 0.3) is 0 Å². The summed E-state index contributed by atoms with van der Waals surface area (Å²) in [5, 5.41) is 13.9. The Kier molecular flexibility index (Phi) is 5.48. The van der Waals surface area contributed by atoms with E-state index in [2.05, 4.69) is 25.6 Å². The van der Waals surface area contributed by atoms with Gasteiger partial charge < -0.3 is 16.0 Å². The highest BCUT2D eigenvalue weighted by Crippen LogP contribution is 2.33. The van der Waals surface area contributed by atoms with E-state index in [0.29, 0.717) is 24.5 Å². The van der Waals surface area contributed by atoms with Crippen LogP contribution in [0.2, 0.25) is 0 Å². The second kappa shape index (κ2) is 8.38. The smallest absolute Gasteiger partial charge is 0.313 e. The Morgan fingerprint density at radius 3 is 2.81 bits per heavy atom. The summed E-state index contributed by atoms with van der Waals surface area (Å²) in [6, 6.07) is 4.66. The van der Waals surface area contributed by atoms with E-state index in [9.17, 15) is 14.4 Å². The van der Waals surface area contributed by atoms with Gasteiger partial charge in [0.2, 0.25) is 5.91 Å². The maximum atomic E-state index is 13.0. The minimum absolute atomic E-state index is 0.138. The van der Waals surface area contributed by atoms with Crippen molar-refractivity contribution in [3.8, 4) is 5.82 Å². The summed E-state index contributed by atoms with van der Waals surface area (Å²) in [4.78, 5) is 42.5. The Hall–Kier alpha value is -4.02. The average molecular weight is 422 g/mol. The number of rotatable bonds is 4. The van der Waals surface area contributed by atoms with Crippen LogP contribution < -0.4 is 11.1 Å². The van der Waals surface area contributed by atoms with Gasteiger partial charge in [0.05, 0.1) is 29.2 Å². The first kappa shape index (κ1) is 20.3. The largest absolute Gasteiger partial charge is 0.366 e. The number of amides is 3. The molecule has 11 nitrogen and oxygen atoms in total. The van der Waals surface area contributed by atoms with E-state index >= 15 is 0 Å². The second-order valence-electron chi connectivity index (χ2n) is 7.55. The molecule has 1 fully saturated rings. The number of nitrogens with zero attached hydrogens (tertiary/aromatic N) is 5. The fraction of sp³-hybridized carbons (Fsp3) is 0.300. The number of hydrogen-bond donors (Lipinski definition) is 3. The summed E-state index contributed by atoms with van der Waals surface area (Å²) in [6.07, 6.45) is 7.71. The van der Waals surface area contributed by atoms with Crippen LogP contribution in [0.25, 0.3) is 5.82 Å². The van der Waals surface area contributed by atoms with Crippen LogP contribution in [0.1, 0.15) is 41.9 Å². The number of aromatic amines is 1. The van der Waals surface area contributed by atoms with Crippen LogP contribution in [-0.2, 0) is 9.59 Å². The minimum atomic E-state index is -0.811. The standard InChI is InChI=1S/C20H22N8O3/c1-12-2-3-16(15-5-7-28(26-15)17-4-6-23-25-17)27(11-12)20(31)19(30)24-14-8-13(18(21)29)9-22-10-14/h4-10,12,16H,2-3,11H2,1H3,(H2,21,29)(H,23,25)(H,24,30)/t12-,16+/m1/s1. The molecule has 0 unspecified atom stereocenters. The predicted molar refractivity (Wildman–Crippen MR) is 110 cm³/mol. The van der Waals surface area contributed by atoms with Crippen LogP contribution >= 0.6 is 0 Å². The van der Waals surface area contributed by atoms with Gasteiger partial charge in [0.15, 0.2) is 5.82 Å². The molecule has 3 amide bonds. The average Bonchev–Trinajstić information content (AvgIpc) is 3.45. The fourth-order valence-corrected chi connectivity index (χ4v) is 3.67.